The topological polar surface area (TPSA) is 41.1 Å². The molecule has 0 aliphatic rings. The van der Waals surface area contributed by atoms with Gasteiger partial charge in [0.2, 0.25) is 0 Å². The van der Waals surface area contributed by atoms with Gasteiger partial charge in [-0.15, -0.1) is 0 Å². The van der Waals surface area contributed by atoms with Gasteiger partial charge >= 0.3 is 0 Å². The summed E-state index contributed by atoms with van der Waals surface area (Å²) in [6.45, 7) is 2.22. The summed E-state index contributed by atoms with van der Waals surface area (Å²) in [6.07, 6.45) is 0.780. The molecule has 120 valence electrons. The monoisotopic (exact) mass is 366 g/mol. The summed E-state index contributed by atoms with van der Waals surface area (Å²) >= 11 is 17.1. The minimum absolute atomic E-state index is 0.0406. The molecule has 0 radical (unpaired) electrons. The summed E-state index contributed by atoms with van der Waals surface area (Å²) in [5.74, 6) is 0.0406. The van der Waals surface area contributed by atoms with Gasteiger partial charge in [0.05, 0.1) is 10.0 Å². The quantitative estimate of drug-likeness (QED) is 0.592. The highest BCUT2D eigenvalue weighted by atomic mass is 35.5. The fraction of sp³-hybridized carbons (Fsp3) is 0.176. The smallest absolute Gasteiger partial charge is 0.170 e. The number of thiocarbonyl (C=S) groups is 1. The summed E-state index contributed by atoms with van der Waals surface area (Å²) < 4.78 is 0. The van der Waals surface area contributed by atoms with E-state index in [1.165, 1.54) is 6.92 Å². The van der Waals surface area contributed by atoms with Crippen molar-refractivity contribution in [2.24, 2.45) is 0 Å². The SMILES string of the molecule is CC(=O)c1ccc(NC(=S)NCCc2ccc(Cl)c(Cl)c2)cc1. The number of carbonyl (C=O) groups excluding carboxylic acids is 1. The number of carbonyl (C=O) groups is 1. The minimum Gasteiger partial charge on any atom is -0.362 e. The summed E-state index contributed by atoms with van der Waals surface area (Å²) in [5, 5.41) is 7.84. The average Bonchev–Trinajstić information content (AvgIpc) is 2.51. The van der Waals surface area contributed by atoms with E-state index in [1.807, 2.05) is 24.3 Å². The van der Waals surface area contributed by atoms with Gasteiger partial charge in [-0.25, -0.2) is 0 Å². The van der Waals surface area contributed by atoms with Crippen LogP contribution in [0.3, 0.4) is 0 Å². The number of ketones is 1. The molecular weight excluding hydrogens is 351 g/mol. The molecule has 0 atom stereocenters. The predicted octanol–water partition coefficient (Wildman–Crippen LogP) is 4.73. The average molecular weight is 367 g/mol. The fourth-order valence-electron chi connectivity index (χ4n) is 1.98. The summed E-state index contributed by atoms with van der Waals surface area (Å²) in [4.78, 5) is 11.2. The van der Waals surface area contributed by atoms with Crippen molar-refractivity contribution in [3.63, 3.8) is 0 Å². The molecule has 0 saturated heterocycles. The summed E-state index contributed by atoms with van der Waals surface area (Å²) in [6, 6.07) is 12.8. The van der Waals surface area contributed by atoms with Crippen LogP contribution in [0.5, 0.6) is 0 Å². The van der Waals surface area contributed by atoms with Gasteiger partial charge in [0, 0.05) is 17.8 Å². The standard InChI is InChI=1S/C17H16Cl2N2OS/c1-11(22)13-3-5-14(6-4-13)21-17(23)20-9-8-12-2-7-15(18)16(19)10-12/h2-7,10H,8-9H2,1H3,(H2,20,21,23). The number of Topliss-reactive ketones (excluding diaryl/α,β-unsaturated/α-hetero) is 1. The molecule has 3 nitrogen and oxygen atoms in total. The molecule has 2 N–H and O–H groups in total. The van der Waals surface area contributed by atoms with Crippen molar-refractivity contribution < 1.29 is 4.79 Å². The van der Waals surface area contributed by atoms with Crippen LogP contribution in [-0.2, 0) is 6.42 Å². The fourth-order valence-corrected chi connectivity index (χ4v) is 2.52. The Morgan fingerprint density at radius 1 is 1.09 bits per heavy atom. The molecule has 0 spiro atoms. The third kappa shape index (κ3) is 5.50. The zero-order valence-corrected chi connectivity index (χ0v) is 14.9. The highest BCUT2D eigenvalue weighted by Gasteiger charge is 2.02. The molecule has 0 bridgehead atoms. The van der Waals surface area contributed by atoms with Crippen LogP contribution < -0.4 is 10.6 Å². The largest absolute Gasteiger partial charge is 0.362 e. The van der Waals surface area contributed by atoms with Crippen LogP contribution in [0.1, 0.15) is 22.8 Å². The number of rotatable bonds is 5. The molecule has 6 heteroatoms. The normalized spacial score (nSPS) is 10.2. The maximum Gasteiger partial charge on any atom is 0.170 e. The third-order valence-electron chi connectivity index (χ3n) is 3.23. The van der Waals surface area contributed by atoms with Crippen molar-refractivity contribution in [1.29, 1.82) is 0 Å². The van der Waals surface area contributed by atoms with Gasteiger partial charge in [-0.2, -0.15) is 0 Å². The van der Waals surface area contributed by atoms with Gasteiger partial charge in [0.15, 0.2) is 10.9 Å². The maximum atomic E-state index is 11.2. The highest BCUT2D eigenvalue weighted by Crippen LogP contribution is 2.22. The number of benzene rings is 2. The van der Waals surface area contributed by atoms with Crippen LogP contribution in [0.15, 0.2) is 42.5 Å². The number of anilines is 1. The van der Waals surface area contributed by atoms with E-state index >= 15 is 0 Å². The highest BCUT2D eigenvalue weighted by molar-refractivity contribution is 7.80. The zero-order chi connectivity index (χ0) is 16.8. The molecule has 0 heterocycles. The second-order valence-electron chi connectivity index (χ2n) is 5.01. The zero-order valence-electron chi connectivity index (χ0n) is 12.5. The van der Waals surface area contributed by atoms with Gasteiger partial charge in [-0.3, -0.25) is 4.79 Å². The van der Waals surface area contributed by atoms with E-state index in [2.05, 4.69) is 10.6 Å². The van der Waals surface area contributed by atoms with Crippen molar-refractivity contribution >= 4 is 52.0 Å². The molecule has 0 aliphatic heterocycles. The molecule has 2 aromatic rings. The first-order valence-corrected chi connectivity index (χ1v) is 8.22. The number of halogens is 2. The Bertz CT molecular complexity index is 717. The third-order valence-corrected chi connectivity index (χ3v) is 4.22. The van der Waals surface area contributed by atoms with Crippen LogP contribution in [-0.4, -0.2) is 17.4 Å². The van der Waals surface area contributed by atoms with Gasteiger partial charge in [-0.05, 0) is 67.5 Å². The predicted molar refractivity (Wildman–Crippen MR) is 101 cm³/mol. The molecule has 2 rings (SSSR count). The Kier molecular flexibility index (Phi) is 6.39. The Morgan fingerprint density at radius 2 is 1.78 bits per heavy atom. The van der Waals surface area contributed by atoms with E-state index in [0.717, 1.165) is 17.7 Å². The second kappa shape index (κ2) is 8.29. The second-order valence-corrected chi connectivity index (χ2v) is 6.24. The molecule has 0 unspecified atom stereocenters. The van der Waals surface area contributed by atoms with E-state index in [1.54, 1.807) is 18.2 Å². The van der Waals surface area contributed by atoms with Gasteiger partial charge in [0.1, 0.15) is 0 Å². The summed E-state index contributed by atoms with van der Waals surface area (Å²) in [5.41, 5.74) is 2.59. The Morgan fingerprint density at radius 3 is 2.39 bits per heavy atom. The molecule has 0 aliphatic carbocycles. The maximum absolute atomic E-state index is 11.2. The van der Waals surface area contributed by atoms with Crippen molar-refractivity contribution in [3.8, 4) is 0 Å². The molecule has 2 aromatic carbocycles. The van der Waals surface area contributed by atoms with Crippen LogP contribution >= 0.6 is 35.4 Å². The van der Waals surface area contributed by atoms with Gasteiger partial charge in [-0.1, -0.05) is 29.3 Å². The van der Waals surface area contributed by atoms with E-state index in [0.29, 0.717) is 27.3 Å². The van der Waals surface area contributed by atoms with E-state index < -0.39 is 0 Å². The van der Waals surface area contributed by atoms with Crippen molar-refractivity contribution in [2.75, 3.05) is 11.9 Å². The van der Waals surface area contributed by atoms with Crippen molar-refractivity contribution in [2.45, 2.75) is 13.3 Å². The minimum atomic E-state index is 0.0406. The van der Waals surface area contributed by atoms with Crippen LogP contribution in [0.2, 0.25) is 10.0 Å². The Hall–Kier alpha value is -1.62. The van der Waals surface area contributed by atoms with Crippen LogP contribution in [0, 0.1) is 0 Å². The number of hydrogen-bond acceptors (Lipinski definition) is 2. The molecule has 0 aromatic heterocycles. The molecule has 0 saturated carbocycles. The first kappa shape index (κ1) is 17.7. The van der Waals surface area contributed by atoms with Gasteiger partial charge < -0.3 is 10.6 Å². The van der Waals surface area contributed by atoms with E-state index in [-0.39, 0.29) is 5.78 Å². The van der Waals surface area contributed by atoms with E-state index in [9.17, 15) is 4.79 Å². The lowest BCUT2D eigenvalue weighted by Gasteiger charge is -2.11. The first-order valence-electron chi connectivity index (χ1n) is 7.05. The van der Waals surface area contributed by atoms with Gasteiger partial charge in [0.25, 0.3) is 0 Å². The molecule has 23 heavy (non-hydrogen) atoms. The molecule has 0 fully saturated rings. The van der Waals surface area contributed by atoms with Crippen LogP contribution in [0.4, 0.5) is 5.69 Å². The van der Waals surface area contributed by atoms with Crippen molar-refractivity contribution in [3.05, 3.63) is 63.6 Å². The Labute approximate surface area is 151 Å². The lowest BCUT2D eigenvalue weighted by molar-refractivity contribution is 0.101. The lowest BCUT2D eigenvalue weighted by Crippen LogP contribution is -2.30. The first-order chi connectivity index (χ1) is 11.0. The van der Waals surface area contributed by atoms with Crippen LogP contribution in [0.25, 0.3) is 0 Å². The van der Waals surface area contributed by atoms with Crippen molar-refractivity contribution in [1.82, 2.24) is 5.32 Å². The summed E-state index contributed by atoms with van der Waals surface area (Å²) in [7, 11) is 0. The Balaban J connectivity index is 1.80. The van der Waals surface area contributed by atoms with E-state index in [4.69, 9.17) is 35.4 Å². The number of hydrogen-bond donors (Lipinski definition) is 2. The molecule has 0 amide bonds. The lowest BCUT2D eigenvalue weighted by atomic mass is 10.1. The molecular formula is C17H16Cl2N2OS. The number of nitrogens with one attached hydrogen (secondary N) is 2.